The van der Waals surface area contributed by atoms with Crippen molar-refractivity contribution in [2.45, 2.75) is 77.1 Å². The first-order valence-corrected chi connectivity index (χ1v) is 14.3. The van der Waals surface area contributed by atoms with Gasteiger partial charge in [0.05, 0.1) is 17.6 Å². The Bertz CT molecular complexity index is 1530. The van der Waals surface area contributed by atoms with Crippen molar-refractivity contribution in [2.24, 2.45) is 0 Å². The number of amides is 2. The fourth-order valence-electron chi connectivity index (χ4n) is 4.67. The zero-order valence-corrected chi connectivity index (χ0v) is 23.6. The number of hydrogen-bond acceptors (Lipinski definition) is 9. The van der Waals surface area contributed by atoms with E-state index < -0.39 is 23.2 Å². The van der Waals surface area contributed by atoms with Gasteiger partial charge in [-0.2, -0.15) is 0 Å². The lowest BCUT2D eigenvalue weighted by Gasteiger charge is -2.22. The van der Waals surface area contributed by atoms with Gasteiger partial charge in [-0.25, -0.2) is 19.6 Å². The molecule has 0 aromatic carbocycles. The summed E-state index contributed by atoms with van der Waals surface area (Å²) in [6.45, 7) is 7.37. The van der Waals surface area contributed by atoms with Crippen LogP contribution in [0.15, 0.2) is 21.6 Å². The van der Waals surface area contributed by atoms with E-state index in [0.29, 0.717) is 39.8 Å². The van der Waals surface area contributed by atoms with Gasteiger partial charge in [-0.3, -0.25) is 9.59 Å². The average molecular weight is 572 g/mol. The van der Waals surface area contributed by atoms with Crippen LogP contribution in [0.5, 0.6) is 0 Å². The van der Waals surface area contributed by atoms with E-state index in [-0.39, 0.29) is 29.7 Å². The summed E-state index contributed by atoms with van der Waals surface area (Å²) in [5, 5.41) is 19.4. The normalized spacial score (nSPS) is 16.1. The quantitative estimate of drug-likeness (QED) is 0.370. The summed E-state index contributed by atoms with van der Waals surface area (Å²) >= 11 is 2.52. The molecule has 0 saturated heterocycles. The molecule has 0 unspecified atom stereocenters. The number of nitrogens with zero attached hydrogens (tertiary/aromatic N) is 3. The Balaban J connectivity index is 1.42. The summed E-state index contributed by atoms with van der Waals surface area (Å²) in [6.07, 6.45) is 1.94. The lowest BCUT2D eigenvalue weighted by atomic mass is 9.98. The molecule has 206 valence electrons. The van der Waals surface area contributed by atoms with Gasteiger partial charge in [0.1, 0.15) is 21.3 Å². The first kappa shape index (κ1) is 27.0. The monoisotopic (exact) mass is 571 g/mol. The van der Waals surface area contributed by atoms with E-state index in [1.54, 1.807) is 36.8 Å². The molecule has 3 N–H and O–H groups in total. The van der Waals surface area contributed by atoms with E-state index >= 15 is 0 Å². The first-order valence-electron chi connectivity index (χ1n) is 12.6. The molecule has 1 aliphatic heterocycles. The predicted octanol–water partition coefficient (Wildman–Crippen LogP) is 3.75. The van der Waals surface area contributed by atoms with Gasteiger partial charge < -0.3 is 25.0 Å². The summed E-state index contributed by atoms with van der Waals surface area (Å²) in [5.74, 6) is -1.30. The fraction of sp³-hybridized carbons (Fsp3) is 0.462. The van der Waals surface area contributed by atoms with E-state index in [1.807, 2.05) is 6.92 Å². The van der Waals surface area contributed by atoms with Crippen LogP contribution in [0.4, 0.5) is 4.79 Å². The van der Waals surface area contributed by atoms with Crippen LogP contribution in [0.3, 0.4) is 0 Å². The summed E-state index contributed by atoms with van der Waals surface area (Å²) < 4.78 is 6.93. The number of ether oxygens (including phenoxy) is 1. The number of carbonyl (C=O) groups excluding carboxylic acids is 2. The third-order valence-corrected chi connectivity index (χ3v) is 8.33. The Hall–Kier alpha value is -3.58. The molecule has 5 rings (SSSR count). The van der Waals surface area contributed by atoms with E-state index in [2.05, 4.69) is 20.6 Å². The van der Waals surface area contributed by atoms with Crippen LogP contribution in [0.1, 0.15) is 84.1 Å². The number of aromatic carboxylic acids is 1. The second-order valence-electron chi connectivity index (χ2n) is 10.9. The SMILES string of the molecule is C[C@@H](CCc1c2c(cc(=O)n1Cc1nc(-c3nc(C(=O)O)cs3)cs1)C1(CC1)NC2=O)NC(=O)OC(C)(C)C. The number of nitrogens with one attached hydrogen (secondary N) is 2. The van der Waals surface area contributed by atoms with Gasteiger partial charge in [0, 0.05) is 28.6 Å². The third kappa shape index (κ3) is 5.59. The molecule has 3 aromatic rings. The number of carboxylic acid groups (broad SMARTS) is 1. The van der Waals surface area contributed by atoms with Crippen molar-refractivity contribution >= 4 is 40.6 Å². The van der Waals surface area contributed by atoms with Crippen LogP contribution in [0.25, 0.3) is 10.7 Å². The van der Waals surface area contributed by atoms with Gasteiger partial charge in [-0.15, -0.1) is 22.7 Å². The molecule has 1 aliphatic carbocycles. The molecule has 11 nitrogen and oxygen atoms in total. The van der Waals surface area contributed by atoms with Crippen molar-refractivity contribution in [1.29, 1.82) is 0 Å². The second kappa shape index (κ2) is 9.87. The van der Waals surface area contributed by atoms with Gasteiger partial charge in [0.25, 0.3) is 11.5 Å². The maximum absolute atomic E-state index is 13.4. The lowest BCUT2D eigenvalue weighted by Crippen LogP contribution is -2.38. The highest BCUT2D eigenvalue weighted by molar-refractivity contribution is 7.14. The van der Waals surface area contributed by atoms with Crippen LogP contribution in [-0.4, -0.2) is 49.3 Å². The number of thiazole rings is 2. The van der Waals surface area contributed by atoms with Crippen molar-refractivity contribution in [3.8, 4) is 10.7 Å². The molecule has 0 radical (unpaired) electrons. The van der Waals surface area contributed by atoms with Gasteiger partial charge >= 0.3 is 12.1 Å². The molecular formula is C26H29N5O6S2. The number of carbonyl (C=O) groups is 3. The number of hydrogen-bond donors (Lipinski definition) is 3. The standard InChI is InChI=1S/C26H29N5O6S2/c1-13(27-24(36)37-25(2,3)4)5-6-17-20-14(26(7-8-26)30-21(20)33)9-19(32)31(17)10-18-28-15(11-38-18)22-29-16(12-39-22)23(34)35/h9,11-13H,5-8,10H2,1-4H3,(H,27,36)(H,30,33)(H,34,35)/t13-/m0/s1. The fourth-order valence-corrected chi connectivity index (χ4v) is 6.26. The summed E-state index contributed by atoms with van der Waals surface area (Å²) in [7, 11) is 0. The van der Waals surface area contributed by atoms with Crippen molar-refractivity contribution in [2.75, 3.05) is 0 Å². The molecular weight excluding hydrogens is 542 g/mol. The van der Waals surface area contributed by atoms with Crippen LogP contribution >= 0.6 is 22.7 Å². The number of rotatable bonds is 8. The van der Waals surface area contributed by atoms with Gasteiger partial charge in [-0.05, 0) is 58.9 Å². The van der Waals surface area contributed by atoms with Crippen molar-refractivity contribution in [3.05, 3.63) is 54.7 Å². The highest BCUT2D eigenvalue weighted by Crippen LogP contribution is 2.50. The Kier molecular flexibility index (Phi) is 6.83. The molecule has 39 heavy (non-hydrogen) atoms. The zero-order valence-electron chi connectivity index (χ0n) is 22.0. The maximum Gasteiger partial charge on any atom is 0.407 e. The van der Waals surface area contributed by atoms with Gasteiger partial charge in [-0.1, -0.05) is 0 Å². The first-order chi connectivity index (χ1) is 18.3. The lowest BCUT2D eigenvalue weighted by molar-refractivity contribution is 0.0505. The summed E-state index contributed by atoms with van der Waals surface area (Å²) in [4.78, 5) is 58.6. The van der Waals surface area contributed by atoms with Crippen molar-refractivity contribution in [3.63, 3.8) is 0 Å². The number of carboxylic acids is 1. The van der Waals surface area contributed by atoms with Crippen LogP contribution in [0, 0.1) is 0 Å². The van der Waals surface area contributed by atoms with Gasteiger partial charge in [0.15, 0.2) is 5.69 Å². The molecule has 1 fully saturated rings. The largest absolute Gasteiger partial charge is 0.476 e. The average Bonchev–Trinajstić information content (AvgIpc) is 3.17. The Morgan fingerprint density at radius 3 is 2.62 bits per heavy atom. The second-order valence-corrected chi connectivity index (χ2v) is 12.7. The molecule has 2 aliphatic rings. The van der Waals surface area contributed by atoms with Gasteiger partial charge in [0.2, 0.25) is 0 Å². The van der Waals surface area contributed by atoms with Crippen LogP contribution in [0.2, 0.25) is 0 Å². The molecule has 1 atom stereocenters. The smallest absolute Gasteiger partial charge is 0.407 e. The van der Waals surface area contributed by atoms with E-state index in [4.69, 9.17) is 9.84 Å². The molecule has 4 heterocycles. The number of aromatic nitrogens is 3. The van der Waals surface area contributed by atoms with E-state index in [1.165, 1.54) is 28.1 Å². The van der Waals surface area contributed by atoms with Crippen molar-refractivity contribution < 1.29 is 24.2 Å². The van der Waals surface area contributed by atoms with E-state index in [0.717, 1.165) is 18.4 Å². The number of fused-ring (bicyclic) bond motifs is 2. The molecule has 0 bridgehead atoms. The maximum atomic E-state index is 13.4. The topological polar surface area (TPSA) is 153 Å². The van der Waals surface area contributed by atoms with Crippen LogP contribution < -0.4 is 16.2 Å². The minimum atomic E-state index is -1.11. The number of alkyl carbamates (subject to hydrolysis) is 1. The zero-order chi connectivity index (χ0) is 28.1. The molecule has 13 heteroatoms. The van der Waals surface area contributed by atoms with E-state index in [9.17, 15) is 19.2 Å². The molecule has 1 spiro atoms. The molecule has 1 saturated carbocycles. The van der Waals surface area contributed by atoms with Crippen LogP contribution in [-0.2, 0) is 23.2 Å². The summed E-state index contributed by atoms with van der Waals surface area (Å²) in [6, 6.07) is 1.29. The molecule has 3 aromatic heterocycles. The Morgan fingerprint density at radius 1 is 1.23 bits per heavy atom. The van der Waals surface area contributed by atoms with Crippen molar-refractivity contribution in [1.82, 2.24) is 25.2 Å². The Labute approximate surface area is 232 Å². The summed E-state index contributed by atoms with van der Waals surface area (Å²) in [5.41, 5.74) is 1.08. The number of pyridine rings is 1. The molecule has 2 amide bonds. The minimum Gasteiger partial charge on any atom is -0.476 e. The highest BCUT2D eigenvalue weighted by Gasteiger charge is 2.53. The minimum absolute atomic E-state index is 0.0455. The Morgan fingerprint density at radius 2 is 1.97 bits per heavy atom. The third-order valence-electron chi connectivity index (χ3n) is 6.63. The highest BCUT2D eigenvalue weighted by atomic mass is 32.1. The predicted molar refractivity (Wildman–Crippen MR) is 146 cm³/mol.